The number of hydrogen-bond acceptors (Lipinski definition) is 5. The predicted octanol–water partition coefficient (Wildman–Crippen LogP) is 3.83. The normalized spacial score (nSPS) is 26.2. The molecule has 5 rings (SSSR count). The van der Waals surface area contributed by atoms with Crippen molar-refractivity contribution in [1.82, 2.24) is 10.6 Å². The van der Waals surface area contributed by atoms with Crippen molar-refractivity contribution in [2.75, 3.05) is 6.61 Å². The van der Waals surface area contributed by atoms with Crippen LogP contribution >= 0.6 is 11.6 Å². The first kappa shape index (κ1) is 24.3. The van der Waals surface area contributed by atoms with E-state index in [1.807, 2.05) is 0 Å². The summed E-state index contributed by atoms with van der Waals surface area (Å²) in [5, 5.41) is 16.2. The zero-order valence-corrected chi connectivity index (χ0v) is 18.4. The molecule has 3 saturated carbocycles. The topological polar surface area (TPSA) is 101 Å². The summed E-state index contributed by atoms with van der Waals surface area (Å²) in [6.45, 7) is -0.403. The van der Waals surface area contributed by atoms with Crippen molar-refractivity contribution in [2.24, 2.45) is 0 Å². The third-order valence-corrected chi connectivity index (χ3v) is 6.80. The summed E-state index contributed by atoms with van der Waals surface area (Å²) in [6, 6.07) is 4.40. The van der Waals surface area contributed by atoms with Gasteiger partial charge in [-0.25, -0.2) is 4.39 Å². The molecule has 7 nitrogen and oxygen atoms in total. The number of carbonyl (C=O) groups excluding carboxylic acids is 2. The summed E-state index contributed by atoms with van der Waals surface area (Å²) in [5.74, 6) is -3.07. The zero-order chi connectivity index (χ0) is 24.7. The van der Waals surface area contributed by atoms with Crippen LogP contribution in [0.5, 0.6) is 5.75 Å². The van der Waals surface area contributed by atoms with Gasteiger partial charge in [0.1, 0.15) is 17.8 Å². The van der Waals surface area contributed by atoms with E-state index < -0.39 is 53.4 Å². The number of halogens is 5. The van der Waals surface area contributed by atoms with Gasteiger partial charge in [-0.1, -0.05) is 11.6 Å². The first-order chi connectivity index (χ1) is 15.9. The molecule has 3 aliphatic carbocycles. The summed E-state index contributed by atoms with van der Waals surface area (Å²) in [5.41, 5.74) is -1.99. The Kier molecular flexibility index (Phi) is 6.28. The Balaban J connectivity index is 1.34. The number of alkyl halides is 3. The average molecular weight is 505 g/mol. The fraction of sp³-hybridized carbons (Fsp3) is 0.455. The molecule has 0 spiro atoms. The molecule has 34 heavy (non-hydrogen) atoms. The highest BCUT2D eigenvalue weighted by Gasteiger charge is 2.55. The highest BCUT2D eigenvalue weighted by atomic mass is 35.5. The van der Waals surface area contributed by atoms with Gasteiger partial charge in [-0.3, -0.25) is 9.59 Å². The maximum Gasteiger partial charge on any atom is 0.449 e. The van der Waals surface area contributed by atoms with E-state index in [2.05, 4.69) is 15.1 Å². The number of hydrogen-bond donors (Lipinski definition) is 3. The molecule has 1 aromatic carbocycles. The van der Waals surface area contributed by atoms with Crippen molar-refractivity contribution in [3.63, 3.8) is 0 Å². The molecular formula is C22H21ClF4N2O5. The van der Waals surface area contributed by atoms with Gasteiger partial charge in [0.05, 0.1) is 22.2 Å². The van der Waals surface area contributed by atoms with E-state index in [1.165, 1.54) is 12.1 Å². The molecule has 0 aliphatic heterocycles. The van der Waals surface area contributed by atoms with Gasteiger partial charge in [0.15, 0.2) is 6.61 Å². The van der Waals surface area contributed by atoms with Crippen molar-refractivity contribution < 1.29 is 41.4 Å². The maximum atomic E-state index is 13.5. The number of rotatable bonds is 6. The number of ether oxygens (including phenoxy) is 1. The number of furan rings is 1. The smallest absolute Gasteiger partial charge is 0.449 e. The summed E-state index contributed by atoms with van der Waals surface area (Å²) in [4.78, 5) is 25.0. The molecule has 2 bridgehead atoms. The standard InChI is InChI=1S/C22H21ClF4N2O5/c23-14-2-1-13(8-15(14)24)33-11-18(31)28-21-5-3-20(4-6-21,9-16(21)30)29-19(32)12-7-17(34-10-12)22(25,26)27/h1-2,7-8,10,16,30H,3-6,9,11H2,(H,28,31)(H,29,32). The molecule has 3 N–H and O–H groups in total. The van der Waals surface area contributed by atoms with Crippen molar-refractivity contribution >= 4 is 23.4 Å². The van der Waals surface area contributed by atoms with Crippen molar-refractivity contribution in [3.05, 3.63) is 52.7 Å². The van der Waals surface area contributed by atoms with Crippen LogP contribution in [0.15, 0.2) is 34.9 Å². The van der Waals surface area contributed by atoms with Crippen LogP contribution in [0.1, 0.15) is 48.2 Å². The largest absolute Gasteiger partial charge is 0.484 e. The van der Waals surface area contributed by atoms with Crippen LogP contribution < -0.4 is 15.4 Å². The van der Waals surface area contributed by atoms with Crippen LogP contribution in [0.2, 0.25) is 5.02 Å². The van der Waals surface area contributed by atoms with Crippen LogP contribution in [-0.2, 0) is 11.0 Å². The summed E-state index contributed by atoms with van der Waals surface area (Å²) in [6.07, 6.45) is -3.34. The second-order valence-corrected chi connectivity index (χ2v) is 9.13. The van der Waals surface area contributed by atoms with Crippen molar-refractivity contribution in [1.29, 1.82) is 0 Å². The molecule has 12 heteroatoms. The third-order valence-electron chi connectivity index (χ3n) is 6.49. The average Bonchev–Trinajstić information content (AvgIpc) is 3.27. The zero-order valence-electron chi connectivity index (χ0n) is 17.7. The molecule has 1 unspecified atom stereocenters. The molecule has 2 amide bonds. The first-order valence-electron chi connectivity index (χ1n) is 10.5. The Labute approximate surface area is 196 Å². The molecule has 2 aromatic rings. The number of benzene rings is 1. The minimum absolute atomic E-state index is 0.0765. The lowest BCUT2D eigenvalue weighted by Crippen LogP contribution is -2.70. The lowest BCUT2D eigenvalue weighted by Gasteiger charge is -2.56. The molecule has 1 aromatic heterocycles. The van der Waals surface area contributed by atoms with E-state index in [0.717, 1.165) is 12.3 Å². The van der Waals surface area contributed by atoms with E-state index in [9.17, 15) is 32.3 Å². The van der Waals surface area contributed by atoms with Crippen molar-refractivity contribution in [3.8, 4) is 5.75 Å². The monoisotopic (exact) mass is 504 g/mol. The van der Waals surface area contributed by atoms with Gasteiger partial charge in [-0.15, -0.1) is 0 Å². The van der Waals surface area contributed by atoms with E-state index in [-0.39, 0.29) is 22.8 Å². The summed E-state index contributed by atoms with van der Waals surface area (Å²) < 4.78 is 61.4. The predicted molar refractivity (Wildman–Crippen MR) is 111 cm³/mol. The second kappa shape index (κ2) is 8.77. The molecule has 0 radical (unpaired) electrons. The molecule has 0 saturated heterocycles. The van der Waals surface area contributed by atoms with E-state index >= 15 is 0 Å². The van der Waals surface area contributed by atoms with Crippen LogP contribution in [0, 0.1) is 5.82 Å². The molecule has 3 fully saturated rings. The van der Waals surface area contributed by atoms with Gasteiger partial charge in [-0.2, -0.15) is 13.2 Å². The fourth-order valence-electron chi connectivity index (χ4n) is 4.61. The lowest BCUT2D eigenvalue weighted by atomic mass is 9.60. The fourth-order valence-corrected chi connectivity index (χ4v) is 4.73. The molecule has 1 atom stereocenters. The van der Waals surface area contributed by atoms with Gasteiger partial charge < -0.3 is 24.9 Å². The Morgan fingerprint density at radius 2 is 1.88 bits per heavy atom. The van der Waals surface area contributed by atoms with Gasteiger partial charge in [0.25, 0.3) is 11.8 Å². The number of aliphatic hydroxyl groups is 1. The molecule has 3 aliphatic rings. The molecule has 1 heterocycles. The maximum absolute atomic E-state index is 13.5. The number of amides is 2. The van der Waals surface area contributed by atoms with E-state index in [0.29, 0.717) is 31.7 Å². The first-order valence-corrected chi connectivity index (χ1v) is 10.8. The van der Waals surface area contributed by atoms with Crippen LogP contribution in [0.4, 0.5) is 17.6 Å². The second-order valence-electron chi connectivity index (χ2n) is 8.72. The number of aliphatic hydroxyl groups excluding tert-OH is 1. The Bertz CT molecular complexity index is 1100. The minimum Gasteiger partial charge on any atom is -0.484 e. The molecular weight excluding hydrogens is 484 g/mol. The number of carbonyl (C=O) groups is 2. The lowest BCUT2D eigenvalue weighted by molar-refractivity contribution is -0.153. The van der Waals surface area contributed by atoms with Crippen molar-refractivity contribution in [2.45, 2.75) is 55.5 Å². The Morgan fingerprint density at radius 1 is 1.18 bits per heavy atom. The highest BCUT2D eigenvalue weighted by Crippen LogP contribution is 2.47. The van der Waals surface area contributed by atoms with Crippen LogP contribution in [0.25, 0.3) is 0 Å². The van der Waals surface area contributed by atoms with Gasteiger partial charge >= 0.3 is 6.18 Å². The molecule has 184 valence electrons. The van der Waals surface area contributed by atoms with Gasteiger partial charge in [0.2, 0.25) is 5.76 Å². The van der Waals surface area contributed by atoms with Gasteiger partial charge in [0, 0.05) is 17.7 Å². The summed E-state index contributed by atoms with van der Waals surface area (Å²) in [7, 11) is 0. The Morgan fingerprint density at radius 3 is 2.47 bits per heavy atom. The Hall–Kier alpha value is -2.79. The number of fused-ring (bicyclic) bond motifs is 3. The number of nitrogens with one attached hydrogen (secondary N) is 2. The van der Waals surface area contributed by atoms with Gasteiger partial charge in [-0.05, 0) is 44.2 Å². The van der Waals surface area contributed by atoms with Crippen LogP contribution in [0.3, 0.4) is 0 Å². The third kappa shape index (κ3) is 4.85. The van der Waals surface area contributed by atoms with E-state index in [1.54, 1.807) is 0 Å². The SMILES string of the molecule is O=C(COc1ccc(Cl)c(F)c1)NC12CCC(NC(=O)c3coc(C(F)(F)F)c3)(CC1)CC2O. The quantitative estimate of drug-likeness (QED) is 0.519. The van der Waals surface area contributed by atoms with E-state index in [4.69, 9.17) is 16.3 Å². The summed E-state index contributed by atoms with van der Waals surface area (Å²) >= 11 is 5.61. The highest BCUT2D eigenvalue weighted by molar-refractivity contribution is 6.30. The van der Waals surface area contributed by atoms with Crippen LogP contribution in [-0.4, -0.2) is 40.7 Å². The minimum atomic E-state index is -4.70.